The van der Waals surface area contributed by atoms with Gasteiger partial charge in [-0.1, -0.05) is 60.7 Å². The van der Waals surface area contributed by atoms with Crippen LogP contribution in [-0.4, -0.2) is 17.1 Å². The minimum Gasteiger partial charge on any atom is -0.489 e. The summed E-state index contributed by atoms with van der Waals surface area (Å²) in [5.41, 5.74) is 2.37. The Morgan fingerprint density at radius 1 is 0.949 bits per heavy atom. The molecule has 6 heteroatoms. The molecular formula is C33H31F2NO3. The van der Waals surface area contributed by atoms with Crippen molar-refractivity contribution in [3.63, 3.8) is 0 Å². The van der Waals surface area contributed by atoms with Gasteiger partial charge in [-0.05, 0) is 78.9 Å². The zero-order valence-electron chi connectivity index (χ0n) is 21.5. The molecule has 3 aromatic carbocycles. The fourth-order valence-electron chi connectivity index (χ4n) is 5.30. The van der Waals surface area contributed by atoms with E-state index in [4.69, 9.17) is 4.74 Å². The number of β-lactam (4-membered cyclic amide) rings is 1. The number of ether oxygens (including phenoxy) is 1. The molecule has 4 unspecified atom stereocenters. The molecule has 1 heterocycles. The van der Waals surface area contributed by atoms with Crippen LogP contribution in [0.4, 0.5) is 14.5 Å². The molecule has 0 spiro atoms. The predicted molar refractivity (Wildman–Crippen MR) is 147 cm³/mol. The number of halogens is 2. The maximum atomic E-state index is 13.6. The average molecular weight is 528 g/mol. The van der Waals surface area contributed by atoms with Crippen LogP contribution in [0.25, 0.3) is 0 Å². The van der Waals surface area contributed by atoms with Crippen molar-refractivity contribution in [2.45, 2.75) is 38.0 Å². The van der Waals surface area contributed by atoms with Gasteiger partial charge >= 0.3 is 0 Å². The summed E-state index contributed by atoms with van der Waals surface area (Å²) in [5.74, 6) is -0.284. The fraction of sp³-hybridized carbons (Fsp3) is 0.242. The number of aliphatic hydroxyl groups excluding tert-OH is 1. The summed E-state index contributed by atoms with van der Waals surface area (Å²) in [4.78, 5) is 15.1. The lowest BCUT2D eigenvalue weighted by Crippen LogP contribution is -2.64. The molecule has 4 nitrogen and oxygen atoms in total. The standard InChI is InChI=1S/C33H31F2NO3/c34-26-14-12-24(13-15-26)31(37)21-20-30-32(36(33(30)38)28-18-16-27(35)17-19-28)25-8-4-10-29(11-5-9-25)39-22-23-6-2-1-3-7-23/h1-8,10-19,25,30-32,37H,9,20-22H2. The smallest absolute Gasteiger partial charge is 0.232 e. The molecule has 1 amide bonds. The van der Waals surface area contributed by atoms with Gasteiger partial charge in [0.05, 0.1) is 18.1 Å². The number of hydrogen-bond donors (Lipinski definition) is 1. The third-order valence-corrected chi connectivity index (χ3v) is 7.37. The monoisotopic (exact) mass is 527 g/mol. The normalized spacial score (nSPS) is 21.5. The number of aliphatic hydroxyl groups is 1. The highest BCUT2D eigenvalue weighted by Gasteiger charge is 2.50. The van der Waals surface area contributed by atoms with Gasteiger partial charge in [0.25, 0.3) is 0 Å². The lowest BCUT2D eigenvalue weighted by molar-refractivity contribution is -0.131. The number of carbonyl (C=O) groups is 1. The molecule has 1 fully saturated rings. The van der Waals surface area contributed by atoms with Gasteiger partial charge in [0, 0.05) is 11.6 Å². The molecule has 0 aromatic heterocycles. The number of anilines is 1. The minimum absolute atomic E-state index is 0.0175. The molecule has 0 saturated carbocycles. The van der Waals surface area contributed by atoms with Crippen LogP contribution < -0.4 is 4.90 Å². The number of allylic oxidation sites excluding steroid dienone is 4. The molecule has 200 valence electrons. The second kappa shape index (κ2) is 12.2. The van der Waals surface area contributed by atoms with Gasteiger partial charge in [0.15, 0.2) is 0 Å². The van der Waals surface area contributed by atoms with Crippen LogP contribution in [0.1, 0.15) is 36.5 Å². The Balaban J connectivity index is 1.31. The van der Waals surface area contributed by atoms with E-state index < -0.39 is 6.10 Å². The Morgan fingerprint density at radius 2 is 1.64 bits per heavy atom. The van der Waals surface area contributed by atoms with E-state index in [0.717, 1.165) is 11.3 Å². The van der Waals surface area contributed by atoms with Gasteiger partial charge in [-0.15, -0.1) is 0 Å². The summed E-state index contributed by atoms with van der Waals surface area (Å²) in [6.45, 7) is 0.474. The van der Waals surface area contributed by atoms with E-state index in [1.165, 1.54) is 24.3 Å². The number of carbonyl (C=O) groups excluding carboxylic acids is 1. The molecule has 4 atom stereocenters. The van der Waals surface area contributed by atoms with Crippen molar-refractivity contribution in [1.82, 2.24) is 0 Å². The van der Waals surface area contributed by atoms with E-state index in [-0.39, 0.29) is 35.4 Å². The van der Waals surface area contributed by atoms with Gasteiger partial charge in [0.1, 0.15) is 24.0 Å². The lowest BCUT2D eigenvalue weighted by atomic mass is 9.73. The van der Waals surface area contributed by atoms with E-state index in [9.17, 15) is 18.7 Å². The van der Waals surface area contributed by atoms with Gasteiger partial charge < -0.3 is 14.7 Å². The molecule has 3 aromatic rings. The molecule has 5 rings (SSSR count). The zero-order valence-corrected chi connectivity index (χ0v) is 21.5. The van der Waals surface area contributed by atoms with Crippen molar-refractivity contribution in [1.29, 1.82) is 0 Å². The van der Waals surface area contributed by atoms with Gasteiger partial charge in [-0.25, -0.2) is 8.78 Å². The van der Waals surface area contributed by atoms with Gasteiger partial charge in [0.2, 0.25) is 5.91 Å². The number of nitrogens with zero attached hydrogens (tertiary/aromatic N) is 1. The highest BCUT2D eigenvalue weighted by atomic mass is 19.1. The van der Waals surface area contributed by atoms with Crippen LogP contribution in [0.15, 0.2) is 115 Å². The summed E-state index contributed by atoms with van der Waals surface area (Å²) in [6.07, 6.45) is 10.7. The largest absolute Gasteiger partial charge is 0.489 e. The van der Waals surface area contributed by atoms with Crippen LogP contribution in [0.3, 0.4) is 0 Å². The van der Waals surface area contributed by atoms with E-state index in [0.29, 0.717) is 37.1 Å². The Bertz CT molecular complexity index is 1350. The second-order valence-corrected chi connectivity index (χ2v) is 9.96. The second-order valence-electron chi connectivity index (χ2n) is 9.96. The topological polar surface area (TPSA) is 49.8 Å². The van der Waals surface area contributed by atoms with Crippen molar-refractivity contribution in [2.24, 2.45) is 11.8 Å². The fourth-order valence-corrected chi connectivity index (χ4v) is 5.30. The van der Waals surface area contributed by atoms with Crippen LogP contribution in [0, 0.1) is 23.5 Å². The number of hydrogen-bond acceptors (Lipinski definition) is 3. The molecular weight excluding hydrogens is 496 g/mol. The molecule has 1 aliphatic carbocycles. The Hall–Kier alpha value is -4.03. The van der Waals surface area contributed by atoms with E-state index in [2.05, 4.69) is 12.2 Å². The third kappa shape index (κ3) is 6.35. The van der Waals surface area contributed by atoms with E-state index >= 15 is 0 Å². The Morgan fingerprint density at radius 3 is 2.36 bits per heavy atom. The first-order valence-corrected chi connectivity index (χ1v) is 13.2. The Kier molecular flexibility index (Phi) is 8.33. The van der Waals surface area contributed by atoms with E-state index in [1.54, 1.807) is 29.2 Å². The highest BCUT2D eigenvalue weighted by molar-refractivity contribution is 6.03. The maximum Gasteiger partial charge on any atom is 0.232 e. The molecule has 1 saturated heterocycles. The molecule has 1 N–H and O–H groups in total. The third-order valence-electron chi connectivity index (χ3n) is 7.37. The number of rotatable bonds is 9. The van der Waals surface area contributed by atoms with Crippen molar-refractivity contribution in [2.75, 3.05) is 4.90 Å². The first kappa shape index (κ1) is 26.6. The number of amides is 1. The van der Waals surface area contributed by atoms with Crippen LogP contribution in [-0.2, 0) is 16.1 Å². The van der Waals surface area contributed by atoms with Crippen LogP contribution in [0.2, 0.25) is 0 Å². The predicted octanol–water partition coefficient (Wildman–Crippen LogP) is 7.04. The highest BCUT2D eigenvalue weighted by Crippen LogP contribution is 2.42. The minimum atomic E-state index is -0.793. The maximum absolute atomic E-state index is 13.6. The summed E-state index contributed by atoms with van der Waals surface area (Å²) >= 11 is 0. The number of benzene rings is 3. The van der Waals surface area contributed by atoms with Crippen molar-refractivity contribution in [3.8, 4) is 0 Å². The van der Waals surface area contributed by atoms with Crippen molar-refractivity contribution in [3.05, 3.63) is 138 Å². The molecule has 2 aliphatic rings. The summed E-state index contributed by atoms with van der Waals surface area (Å²) in [5, 5.41) is 10.7. The molecule has 0 bridgehead atoms. The zero-order chi connectivity index (χ0) is 27.2. The van der Waals surface area contributed by atoms with Gasteiger partial charge in [-0.2, -0.15) is 0 Å². The summed E-state index contributed by atoms with van der Waals surface area (Å²) < 4.78 is 32.9. The molecule has 1 aliphatic heterocycles. The Labute approximate surface area is 227 Å². The first-order valence-electron chi connectivity index (χ1n) is 13.2. The summed E-state index contributed by atoms with van der Waals surface area (Å²) in [6, 6.07) is 21.6. The van der Waals surface area contributed by atoms with Crippen LogP contribution >= 0.6 is 0 Å². The van der Waals surface area contributed by atoms with Gasteiger partial charge in [-0.3, -0.25) is 4.79 Å². The molecule has 39 heavy (non-hydrogen) atoms. The molecule has 0 radical (unpaired) electrons. The quantitative estimate of drug-likeness (QED) is 0.304. The van der Waals surface area contributed by atoms with E-state index in [1.807, 2.05) is 48.6 Å². The lowest BCUT2D eigenvalue weighted by Gasteiger charge is -2.50. The van der Waals surface area contributed by atoms with Crippen LogP contribution in [0.5, 0.6) is 0 Å². The SMILES string of the molecule is O=C1C(CCC(O)c2ccc(F)cc2)C(C2C=CC=C(OCc3ccccc3)C=CC2)N1c1ccc(F)cc1. The summed E-state index contributed by atoms with van der Waals surface area (Å²) in [7, 11) is 0. The van der Waals surface area contributed by atoms with Crippen molar-refractivity contribution < 1.29 is 23.4 Å². The van der Waals surface area contributed by atoms with Crippen molar-refractivity contribution >= 4 is 11.6 Å². The average Bonchev–Trinajstić information content (AvgIpc) is 2.93. The first-order chi connectivity index (χ1) is 19.0.